The molecule has 0 atom stereocenters. The highest BCUT2D eigenvalue weighted by atomic mass is 16.2. The fourth-order valence-electron chi connectivity index (χ4n) is 4.09. The molecule has 1 N–H and O–H groups in total. The van der Waals surface area contributed by atoms with Crippen molar-refractivity contribution in [2.45, 2.75) is 58.9 Å². The van der Waals surface area contributed by atoms with Crippen LogP contribution in [0, 0.1) is 0 Å². The zero-order chi connectivity index (χ0) is 23.5. The maximum Gasteiger partial charge on any atom is 0.242 e. The normalized spacial score (nSPS) is 11.0. The van der Waals surface area contributed by atoms with Crippen LogP contribution in [0.1, 0.15) is 50.9 Å². The zero-order valence-corrected chi connectivity index (χ0v) is 19.9. The predicted octanol–water partition coefficient (Wildman–Crippen LogP) is 4.37. The van der Waals surface area contributed by atoms with E-state index >= 15 is 0 Å². The number of nitrogens with one attached hydrogen (secondary N) is 1. The molecule has 0 aliphatic rings. The largest absolute Gasteiger partial charge is 0.356 e. The Hall–Kier alpha value is -3.15. The lowest BCUT2D eigenvalue weighted by molar-refractivity contribution is -0.132. The number of aromatic nitrogens is 2. The summed E-state index contributed by atoms with van der Waals surface area (Å²) in [5.74, 6) is 1.10. The van der Waals surface area contributed by atoms with Gasteiger partial charge in [0, 0.05) is 32.5 Å². The van der Waals surface area contributed by atoms with E-state index in [0.29, 0.717) is 25.9 Å². The Labute approximate surface area is 197 Å². The monoisotopic (exact) mass is 448 g/mol. The van der Waals surface area contributed by atoms with E-state index in [9.17, 15) is 9.59 Å². The molecule has 0 bridgehead atoms. The molecule has 0 saturated carbocycles. The third kappa shape index (κ3) is 7.17. The molecule has 3 aromatic rings. The average Bonchev–Trinajstić information content (AvgIpc) is 3.18. The fourth-order valence-corrected chi connectivity index (χ4v) is 4.09. The van der Waals surface area contributed by atoms with E-state index in [1.807, 2.05) is 64.1 Å². The van der Waals surface area contributed by atoms with Crippen LogP contribution < -0.4 is 5.32 Å². The molecule has 0 aliphatic heterocycles. The molecule has 0 aliphatic carbocycles. The quantitative estimate of drug-likeness (QED) is 0.395. The summed E-state index contributed by atoms with van der Waals surface area (Å²) in [5.41, 5.74) is 3.07. The number of fused-ring (bicyclic) bond motifs is 1. The van der Waals surface area contributed by atoms with Gasteiger partial charge in [0.2, 0.25) is 11.8 Å². The summed E-state index contributed by atoms with van der Waals surface area (Å²) in [7, 11) is 0. The number of imidazole rings is 1. The van der Waals surface area contributed by atoms with Crippen molar-refractivity contribution in [3.63, 3.8) is 0 Å². The lowest BCUT2D eigenvalue weighted by atomic mass is 10.1. The average molecular weight is 449 g/mol. The number of para-hydroxylation sites is 2. The number of hydrogen-bond donors (Lipinski definition) is 1. The molecule has 33 heavy (non-hydrogen) atoms. The van der Waals surface area contributed by atoms with Crippen LogP contribution in [0.25, 0.3) is 11.0 Å². The highest BCUT2D eigenvalue weighted by Gasteiger charge is 2.17. The third-order valence-electron chi connectivity index (χ3n) is 5.75. The minimum atomic E-state index is 0.0670. The first-order valence-electron chi connectivity index (χ1n) is 12.1. The molecule has 0 saturated heterocycles. The Morgan fingerprint density at radius 2 is 1.64 bits per heavy atom. The molecule has 176 valence electrons. The number of nitrogens with zero attached hydrogens (tertiary/aromatic N) is 3. The number of benzene rings is 2. The van der Waals surface area contributed by atoms with Crippen LogP contribution >= 0.6 is 0 Å². The van der Waals surface area contributed by atoms with Gasteiger partial charge >= 0.3 is 0 Å². The Morgan fingerprint density at radius 1 is 0.939 bits per heavy atom. The molecule has 0 unspecified atom stereocenters. The molecule has 1 heterocycles. The molecule has 0 spiro atoms. The summed E-state index contributed by atoms with van der Waals surface area (Å²) < 4.78 is 2.05. The molecule has 2 aromatic carbocycles. The Morgan fingerprint density at radius 3 is 2.36 bits per heavy atom. The van der Waals surface area contributed by atoms with Gasteiger partial charge < -0.3 is 14.8 Å². The first kappa shape index (κ1) is 24.5. The van der Waals surface area contributed by atoms with Crippen molar-refractivity contribution < 1.29 is 9.59 Å². The number of amides is 2. The maximum absolute atomic E-state index is 13.0. The van der Waals surface area contributed by atoms with Gasteiger partial charge in [-0.15, -0.1) is 0 Å². The van der Waals surface area contributed by atoms with E-state index < -0.39 is 0 Å². The Balaban J connectivity index is 1.57. The van der Waals surface area contributed by atoms with Gasteiger partial charge in [-0.1, -0.05) is 56.3 Å². The molecule has 0 fully saturated rings. The molecule has 6 heteroatoms. The number of carbonyl (C=O) groups is 2. The lowest BCUT2D eigenvalue weighted by Crippen LogP contribution is -2.35. The van der Waals surface area contributed by atoms with Crippen LogP contribution in [0.2, 0.25) is 0 Å². The molecule has 6 nitrogen and oxygen atoms in total. The van der Waals surface area contributed by atoms with Crippen molar-refractivity contribution in [1.29, 1.82) is 0 Å². The number of carbonyl (C=O) groups excluding carboxylic acids is 2. The first-order chi connectivity index (χ1) is 16.1. The van der Waals surface area contributed by atoms with Crippen LogP contribution in [0.15, 0.2) is 54.6 Å². The van der Waals surface area contributed by atoms with Crippen molar-refractivity contribution in [2.75, 3.05) is 19.6 Å². The lowest BCUT2D eigenvalue weighted by Gasteiger charge is -2.22. The minimum Gasteiger partial charge on any atom is -0.356 e. The topological polar surface area (TPSA) is 67.2 Å². The third-order valence-corrected chi connectivity index (χ3v) is 5.75. The molecule has 1 aromatic heterocycles. The van der Waals surface area contributed by atoms with Gasteiger partial charge in [0.05, 0.1) is 11.0 Å². The van der Waals surface area contributed by atoms with Gasteiger partial charge in [-0.25, -0.2) is 4.98 Å². The van der Waals surface area contributed by atoms with E-state index in [1.165, 1.54) is 5.56 Å². The first-order valence-corrected chi connectivity index (χ1v) is 12.1. The fraction of sp³-hybridized carbons (Fsp3) is 0.444. The SMILES string of the molecule is CCCN(CCC)C(=O)Cn1c(CCCNC(=O)CCc2ccccc2)nc2ccccc21. The summed E-state index contributed by atoms with van der Waals surface area (Å²) >= 11 is 0. The highest BCUT2D eigenvalue weighted by molar-refractivity contribution is 5.81. The van der Waals surface area contributed by atoms with Crippen LogP contribution in [0.5, 0.6) is 0 Å². The number of rotatable bonds is 13. The summed E-state index contributed by atoms with van der Waals surface area (Å²) in [4.78, 5) is 32.0. The number of hydrogen-bond acceptors (Lipinski definition) is 3. The highest BCUT2D eigenvalue weighted by Crippen LogP contribution is 2.18. The summed E-state index contributed by atoms with van der Waals surface area (Å²) in [6, 6.07) is 18.0. The van der Waals surface area contributed by atoms with Crippen LogP contribution in [-0.2, 0) is 29.0 Å². The summed E-state index contributed by atoms with van der Waals surface area (Å²) in [5, 5.41) is 3.02. The predicted molar refractivity (Wildman–Crippen MR) is 133 cm³/mol. The van der Waals surface area contributed by atoms with Gasteiger partial charge in [-0.05, 0) is 43.4 Å². The van der Waals surface area contributed by atoms with Crippen LogP contribution in [0.4, 0.5) is 0 Å². The van der Waals surface area contributed by atoms with E-state index in [0.717, 1.165) is 55.6 Å². The van der Waals surface area contributed by atoms with Crippen molar-refractivity contribution in [3.05, 3.63) is 66.0 Å². The van der Waals surface area contributed by atoms with Gasteiger partial charge in [0.1, 0.15) is 12.4 Å². The second-order valence-corrected chi connectivity index (χ2v) is 8.42. The number of aryl methyl sites for hydroxylation is 2. The second-order valence-electron chi connectivity index (χ2n) is 8.42. The molecular formula is C27H36N4O2. The zero-order valence-electron chi connectivity index (χ0n) is 19.9. The second kappa shape index (κ2) is 12.8. The van der Waals surface area contributed by atoms with Gasteiger partial charge in [0.25, 0.3) is 0 Å². The van der Waals surface area contributed by atoms with Gasteiger partial charge in [0.15, 0.2) is 0 Å². The van der Waals surface area contributed by atoms with Crippen molar-refractivity contribution in [3.8, 4) is 0 Å². The molecule has 3 rings (SSSR count). The minimum absolute atomic E-state index is 0.0670. The smallest absolute Gasteiger partial charge is 0.242 e. The van der Waals surface area contributed by atoms with E-state index in [1.54, 1.807) is 0 Å². The van der Waals surface area contributed by atoms with Crippen molar-refractivity contribution in [1.82, 2.24) is 19.8 Å². The van der Waals surface area contributed by atoms with E-state index in [2.05, 4.69) is 19.2 Å². The molecular weight excluding hydrogens is 412 g/mol. The summed E-state index contributed by atoms with van der Waals surface area (Å²) in [6.45, 7) is 6.67. The van der Waals surface area contributed by atoms with Gasteiger partial charge in [-0.2, -0.15) is 0 Å². The van der Waals surface area contributed by atoms with E-state index in [4.69, 9.17) is 4.98 Å². The molecule has 2 amide bonds. The summed E-state index contributed by atoms with van der Waals surface area (Å²) in [6.07, 6.45) is 4.63. The van der Waals surface area contributed by atoms with E-state index in [-0.39, 0.29) is 11.8 Å². The standard InChI is InChI=1S/C27H36N4O2/c1-3-19-30(20-4-2)27(33)21-31-24-14-9-8-13-23(24)29-25(31)15-10-18-28-26(32)17-16-22-11-6-5-7-12-22/h5-9,11-14H,3-4,10,15-21H2,1-2H3,(H,28,32). The van der Waals surface area contributed by atoms with Crippen molar-refractivity contribution in [2.24, 2.45) is 0 Å². The maximum atomic E-state index is 13.0. The van der Waals surface area contributed by atoms with Gasteiger partial charge in [-0.3, -0.25) is 9.59 Å². The van der Waals surface area contributed by atoms with Crippen LogP contribution in [-0.4, -0.2) is 45.9 Å². The molecule has 0 radical (unpaired) electrons. The van der Waals surface area contributed by atoms with Crippen LogP contribution in [0.3, 0.4) is 0 Å². The Bertz CT molecular complexity index is 1020. The van der Waals surface area contributed by atoms with Crippen molar-refractivity contribution >= 4 is 22.8 Å². The Kier molecular flexibility index (Phi) is 9.48.